The van der Waals surface area contributed by atoms with E-state index in [9.17, 15) is 14.4 Å². The maximum atomic E-state index is 13.4. The molecule has 1 aliphatic heterocycles. The lowest BCUT2D eigenvalue weighted by Gasteiger charge is -2.28. The molecule has 0 saturated carbocycles. The van der Waals surface area contributed by atoms with Crippen molar-refractivity contribution in [1.29, 1.82) is 0 Å². The summed E-state index contributed by atoms with van der Waals surface area (Å²) in [5.41, 5.74) is 2.53. The standard InChI is InChI=1S/C27H19ClN4O3S/c28-18-10-12-20(13-11-18)32-26(35)22(25(34)30-27(32)36)14-17-15-31(23-9-5-4-8-21(17)23)16-24(33)29-19-6-2-1-3-7-19/h1-15H,16H2,(H,29,33)(H,30,34,36). The van der Waals surface area contributed by atoms with Gasteiger partial charge in [-0.25, -0.2) is 0 Å². The van der Waals surface area contributed by atoms with Crippen LogP contribution in [0.1, 0.15) is 5.56 Å². The Morgan fingerprint density at radius 3 is 2.42 bits per heavy atom. The van der Waals surface area contributed by atoms with E-state index < -0.39 is 11.8 Å². The minimum atomic E-state index is -0.589. The molecular weight excluding hydrogens is 496 g/mol. The van der Waals surface area contributed by atoms with E-state index in [1.54, 1.807) is 35.0 Å². The Hall–Kier alpha value is -4.27. The summed E-state index contributed by atoms with van der Waals surface area (Å²) in [4.78, 5) is 40.1. The summed E-state index contributed by atoms with van der Waals surface area (Å²) < 4.78 is 1.78. The number of nitrogens with one attached hydrogen (secondary N) is 2. The molecule has 2 N–H and O–H groups in total. The monoisotopic (exact) mass is 514 g/mol. The summed E-state index contributed by atoms with van der Waals surface area (Å²) in [6.45, 7) is 0.0553. The lowest BCUT2D eigenvalue weighted by molar-refractivity contribution is -0.122. The highest BCUT2D eigenvalue weighted by Gasteiger charge is 2.34. The largest absolute Gasteiger partial charge is 0.337 e. The zero-order valence-electron chi connectivity index (χ0n) is 18.8. The molecule has 1 aliphatic rings. The molecule has 9 heteroatoms. The van der Waals surface area contributed by atoms with E-state index in [4.69, 9.17) is 23.8 Å². The van der Waals surface area contributed by atoms with E-state index in [1.165, 1.54) is 11.0 Å². The van der Waals surface area contributed by atoms with Gasteiger partial charge < -0.3 is 9.88 Å². The molecule has 0 aliphatic carbocycles. The number of rotatable bonds is 5. The van der Waals surface area contributed by atoms with Gasteiger partial charge in [-0.3, -0.25) is 24.6 Å². The third-order valence-electron chi connectivity index (χ3n) is 5.68. The molecule has 36 heavy (non-hydrogen) atoms. The molecule has 0 unspecified atom stereocenters. The summed E-state index contributed by atoms with van der Waals surface area (Å²) in [6.07, 6.45) is 3.28. The Kier molecular flexibility index (Phi) is 6.37. The molecule has 5 rings (SSSR count). The SMILES string of the molecule is O=C(Cn1cc(C=C2C(=O)NC(=S)N(c3ccc(Cl)cc3)C2=O)c2ccccc21)Nc1ccccc1. The van der Waals surface area contributed by atoms with Crippen LogP contribution in [0, 0.1) is 0 Å². The van der Waals surface area contributed by atoms with Gasteiger partial charge in [0.05, 0.1) is 5.69 Å². The molecule has 0 spiro atoms. The molecule has 0 atom stereocenters. The van der Waals surface area contributed by atoms with Crippen LogP contribution >= 0.6 is 23.8 Å². The number of hydrogen-bond donors (Lipinski definition) is 2. The minimum Gasteiger partial charge on any atom is -0.337 e. The van der Waals surface area contributed by atoms with Gasteiger partial charge in [0.1, 0.15) is 12.1 Å². The molecule has 1 aromatic heterocycles. The first-order chi connectivity index (χ1) is 17.4. The number of amides is 3. The minimum absolute atomic E-state index is 0.00974. The van der Waals surface area contributed by atoms with Crippen LogP contribution in [0.4, 0.5) is 11.4 Å². The van der Waals surface area contributed by atoms with Gasteiger partial charge in [-0.05, 0) is 60.8 Å². The highest BCUT2D eigenvalue weighted by atomic mass is 35.5. The van der Waals surface area contributed by atoms with Gasteiger partial charge >= 0.3 is 0 Å². The Balaban J connectivity index is 1.49. The fourth-order valence-electron chi connectivity index (χ4n) is 4.04. The van der Waals surface area contributed by atoms with Gasteiger partial charge in [-0.15, -0.1) is 0 Å². The highest BCUT2D eigenvalue weighted by molar-refractivity contribution is 7.80. The topological polar surface area (TPSA) is 83.4 Å². The van der Waals surface area contributed by atoms with Crippen molar-refractivity contribution < 1.29 is 14.4 Å². The number of carbonyl (C=O) groups is 3. The van der Waals surface area contributed by atoms with Gasteiger partial charge in [0.25, 0.3) is 11.8 Å². The maximum Gasteiger partial charge on any atom is 0.270 e. The van der Waals surface area contributed by atoms with Crippen molar-refractivity contribution in [2.75, 3.05) is 10.2 Å². The summed E-state index contributed by atoms with van der Waals surface area (Å²) in [5.74, 6) is -1.34. The first-order valence-electron chi connectivity index (χ1n) is 11.0. The Morgan fingerprint density at radius 2 is 1.67 bits per heavy atom. The smallest absolute Gasteiger partial charge is 0.270 e. The summed E-state index contributed by atoms with van der Waals surface area (Å²) in [5, 5.41) is 6.75. The van der Waals surface area contributed by atoms with Crippen molar-refractivity contribution >= 4 is 75.0 Å². The van der Waals surface area contributed by atoms with Crippen LogP contribution in [0.15, 0.2) is 90.6 Å². The summed E-state index contributed by atoms with van der Waals surface area (Å²) >= 11 is 11.2. The normalized spacial score (nSPS) is 14.9. The number of halogens is 1. The predicted octanol–water partition coefficient (Wildman–Crippen LogP) is 4.76. The van der Waals surface area contributed by atoms with Crippen LogP contribution in [0.2, 0.25) is 5.02 Å². The van der Waals surface area contributed by atoms with Gasteiger partial charge in [0.15, 0.2) is 5.11 Å². The van der Waals surface area contributed by atoms with Crippen LogP contribution < -0.4 is 15.5 Å². The molecule has 3 aromatic carbocycles. The molecular formula is C27H19ClN4O3S. The number of fused-ring (bicyclic) bond motifs is 1. The Labute approximate surface area is 217 Å². The number of aromatic nitrogens is 1. The fraction of sp³-hybridized carbons (Fsp3) is 0.0370. The Bertz CT molecular complexity index is 1540. The van der Waals surface area contributed by atoms with Gasteiger partial charge in [0, 0.05) is 33.4 Å². The van der Waals surface area contributed by atoms with Crippen LogP contribution in [-0.2, 0) is 20.9 Å². The zero-order chi connectivity index (χ0) is 25.2. The van der Waals surface area contributed by atoms with Gasteiger partial charge in [0.2, 0.25) is 5.91 Å². The third-order valence-corrected chi connectivity index (χ3v) is 6.21. The maximum absolute atomic E-state index is 13.4. The van der Waals surface area contributed by atoms with E-state index in [-0.39, 0.29) is 23.1 Å². The van der Waals surface area contributed by atoms with Gasteiger partial charge in [-0.2, -0.15) is 0 Å². The first kappa shape index (κ1) is 23.5. The Morgan fingerprint density at radius 1 is 0.972 bits per heavy atom. The molecule has 1 fully saturated rings. The average Bonchev–Trinajstić information content (AvgIpc) is 3.20. The molecule has 2 heterocycles. The highest BCUT2D eigenvalue weighted by Crippen LogP contribution is 2.27. The number of anilines is 2. The predicted molar refractivity (Wildman–Crippen MR) is 145 cm³/mol. The summed E-state index contributed by atoms with van der Waals surface area (Å²) in [6, 6.07) is 23.2. The molecule has 0 radical (unpaired) electrons. The number of hydrogen-bond acceptors (Lipinski definition) is 4. The second-order valence-corrected chi connectivity index (χ2v) is 8.90. The fourth-order valence-corrected chi connectivity index (χ4v) is 4.44. The van der Waals surface area contributed by atoms with E-state index in [2.05, 4.69) is 10.6 Å². The van der Waals surface area contributed by atoms with Crippen molar-refractivity contribution in [3.63, 3.8) is 0 Å². The average molecular weight is 515 g/mol. The number of para-hydroxylation sites is 2. The zero-order valence-corrected chi connectivity index (χ0v) is 20.3. The lowest BCUT2D eigenvalue weighted by Crippen LogP contribution is -2.54. The van der Waals surface area contributed by atoms with Crippen molar-refractivity contribution in [1.82, 2.24) is 9.88 Å². The summed E-state index contributed by atoms with van der Waals surface area (Å²) in [7, 11) is 0. The quantitative estimate of drug-likeness (QED) is 0.228. The molecule has 4 aromatic rings. The molecule has 7 nitrogen and oxygen atoms in total. The molecule has 1 saturated heterocycles. The van der Waals surface area contributed by atoms with E-state index >= 15 is 0 Å². The molecule has 178 valence electrons. The van der Waals surface area contributed by atoms with E-state index in [1.807, 2.05) is 54.6 Å². The molecule has 3 amide bonds. The number of nitrogens with zero attached hydrogens (tertiary/aromatic N) is 2. The number of carbonyl (C=O) groups excluding carboxylic acids is 3. The van der Waals surface area contributed by atoms with Crippen molar-refractivity contribution in [2.45, 2.75) is 6.54 Å². The second-order valence-electron chi connectivity index (χ2n) is 8.08. The molecule has 0 bridgehead atoms. The number of benzene rings is 3. The van der Waals surface area contributed by atoms with E-state index in [0.29, 0.717) is 22.0 Å². The number of thiocarbonyl (C=S) groups is 1. The first-order valence-corrected chi connectivity index (χ1v) is 11.8. The van der Waals surface area contributed by atoms with Crippen molar-refractivity contribution in [3.05, 3.63) is 101 Å². The second kappa shape index (κ2) is 9.77. The van der Waals surface area contributed by atoms with E-state index in [0.717, 1.165) is 10.9 Å². The van der Waals surface area contributed by atoms with Crippen LogP contribution in [0.5, 0.6) is 0 Å². The van der Waals surface area contributed by atoms with Crippen LogP contribution in [0.3, 0.4) is 0 Å². The third kappa shape index (κ3) is 4.64. The van der Waals surface area contributed by atoms with Gasteiger partial charge in [-0.1, -0.05) is 48.0 Å². The van der Waals surface area contributed by atoms with Crippen molar-refractivity contribution in [2.24, 2.45) is 0 Å². The lowest BCUT2D eigenvalue weighted by atomic mass is 10.1. The van der Waals surface area contributed by atoms with Crippen molar-refractivity contribution in [3.8, 4) is 0 Å². The van der Waals surface area contributed by atoms with Crippen LogP contribution in [-0.4, -0.2) is 27.4 Å². The van der Waals surface area contributed by atoms with Crippen LogP contribution in [0.25, 0.3) is 17.0 Å².